The largest absolute Gasteiger partial charge is 0.494 e. The molecule has 3 aromatic carbocycles. The monoisotopic (exact) mass is 472 g/mol. The zero-order valence-electron chi connectivity index (χ0n) is 17.8. The van der Waals surface area contributed by atoms with Crippen molar-refractivity contribution in [1.29, 1.82) is 0 Å². The molecule has 0 aliphatic carbocycles. The van der Waals surface area contributed by atoms with Crippen molar-refractivity contribution in [2.75, 3.05) is 11.9 Å². The van der Waals surface area contributed by atoms with Crippen LogP contribution < -0.4 is 14.8 Å². The van der Waals surface area contributed by atoms with E-state index in [0.717, 1.165) is 11.1 Å². The molecule has 0 fully saturated rings. The van der Waals surface area contributed by atoms with E-state index < -0.39 is 22.0 Å². The first kappa shape index (κ1) is 23.8. The minimum atomic E-state index is -3.96. The van der Waals surface area contributed by atoms with Gasteiger partial charge in [0, 0.05) is 10.7 Å². The first-order chi connectivity index (χ1) is 15.3. The van der Waals surface area contributed by atoms with Crippen LogP contribution in [0.25, 0.3) is 0 Å². The molecule has 0 aliphatic rings. The Labute approximate surface area is 193 Å². The van der Waals surface area contributed by atoms with Crippen LogP contribution in [-0.4, -0.2) is 27.0 Å². The Bertz CT molecular complexity index is 1170. The van der Waals surface area contributed by atoms with Crippen LogP contribution in [0.1, 0.15) is 18.1 Å². The summed E-state index contributed by atoms with van der Waals surface area (Å²) in [6.45, 7) is 4.18. The topological polar surface area (TPSA) is 84.5 Å². The minimum Gasteiger partial charge on any atom is -0.494 e. The van der Waals surface area contributed by atoms with Gasteiger partial charge in [-0.15, -0.1) is 0 Å². The highest BCUT2D eigenvalue weighted by Crippen LogP contribution is 2.21. The normalized spacial score (nSPS) is 12.2. The minimum absolute atomic E-state index is 0.0465. The van der Waals surface area contributed by atoms with Gasteiger partial charge in [-0.2, -0.15) is 4.72 Å². The third-order valence-electron chi connectivity index (χ3n) is 4.78. The summed E-state index contributed by atoms with van der Waals surface area (Å²) in [7, 11) is -3.96. The second kappa shape index (κ2) is 10.6. The van der Waals surface area contributed by atoms with Crippen LogP contribution >= 0.6 is 11.6 Å². The van der Waals surface area contributed by atoms with E-state index in [2.05, 4.69) is 10.0 Å². The summed E-state index contributed by atoms with van der Waals surface area (Å²) in [5.41, 5.74) is 2.19. The number of benzene rings is 3. The fourth-order valence-electron chi connectivity index (χ4n) is 3.07. The number of anilines is 1. The van der Waals surface area contributed by atoms with Crippen molar-refractivity contribution in [3.8, 4) is 5.75 Å². The number of halogens is 1. The summed E-state index contributed by atoms with van der Waals surface area (Å²) >= 11 is 6.16. The lowest BCUT2D eigenvalue weighted by molar-refractivity contribution is -0.117. The second-order valence-corrected chi connectivity index (χ2v) is 9.34. The van der Waals surface area contributed by atoms with Gasteiger partial charge in [-0.1, -0.05) is 48.0 Å². The molecule has 0 spiro atoms. The van der Waals surface area contributed by atoms with Gasteiger partial charge in [0.15, 0.2) is 0 Å². The Morgan fingerprint density at radius 1 is 1.03 bits per heavy atom. The van der Waals surface area contributed by atoms with Crippen LogP contribution in [0.15, 0.2) is 77.7 Å². The predicted molar refractivity (Wildman–Crippen MR) is 127 cm³/mol. The lowest BCUT2D eigenvalue weighted by Gasteiger charge is -2.19. The van der Waals surface area contributed by atoms with Crippen molar-refractivity contribution >= 4 is 33.2 Å². The summed E-state index contributed by atoms with van der Waals surface area (Å²) in [5.74, 6) is 0.0876. The molecular weight excluding hydrogens is 448 g/mol. The molecule has 2 N–H and O–H groups in total. The van der Waals surface area contributed by atoms with E-state index in [9.17, 15) is 13.2 Å². The summed E-state index contributed by atoms with van der Waals surface area (Å²) in [6, 6.07) is 19.4. The maximum atomic E-state index is 13.1. The molecule has 0 saturated carbocycles. The molecule has 0 saturated heterocycles. The fraction of sp³-hybridized carbons (Fsp3) is 0.208. The number of carbonyl (C=O) groups is 1. The Balaban J connectivity index is 1.84. The summed E-state index contributed by atoms with van der Waals surface area (Å²) < 4.78 is 33.9. The van der Waals surface area contributed by atoms with Crippen LogP contribution in [0.2, 0.25) is 5.02 Å². The number of hydrogen-bond acceptors (Lipinski definition) is 4. The molecule has 8 heteroatoms. The molecule has 32 heavy (non-hydrogen) atoms. The third-order valence-corrected chi connectivity index (χ3v) is 6.68. The van der Waals surface area contributed by atoms with Gasteiger partial charge in [-0.3, -0.25) is 4.79 Å². The number of hydrogen-bond donors (Lipinski definition) is 2. The van der Waals surface area contributed by atoms with E-state index in [1.54, 1.807) is 30.3 Å². The van der Waals surface area contributed by atoms with Gasteiger partial charge in [0.25, 0.3) is 0 Å². The number of aryl methyl sites for hydroxylation is 1. The summed E-state index contributed by atoms with van der Waals surface area (Å²) in [4.78, 5) is 13.1. The average molecular weight is 473 g/mol. The van der Waals surface area contributed by atoms with E-state index in [0.29, 0.717) is 23.1 Å². The fourth-order valence-corrected chi connectivity index (χ4v) is 4.45. The molecule has 1 amide bonds. The van der Waals surface area contributed by atoms with Crippen LogP contribution in [0.5, 0.6) is 5.75 Å². The second-order valence-electron chi connectivity index (χ2n) is 7.22. The van der Waals surface area contributed by atoms with Crippen LogP contribution in [0.3, 0.4) is 0 Å². The Morgan fingerprint density at radius 2 is 1.72 bits per heavy atom. The summed E-state index contributed by atoms with van der Waals surface area (Å²) in [6.07, 6.45) is 0.183. The number of rotatable bonds is 9. The molecule has 1 unspecified atom stereocenters. The molecular formula is C24H25ClN2O4S. The van der Waals surface area contributed by atoms with Crippen molar-refractivity contribution in [2.24, 2.45) is 0 Å². The smallest absolute Gasteiger partial charge is 0.242 e. The zero-order valence-corrected chi connectivity index (χ0v) is 19.4. The molecule has 0 radical (unpaired) electrons. The predicted octanol–water partition coefficient (Wildman–Crippen LogP) is 4.58. The van der Waals surface area contributed by atoms with Crippen molar-refractivity contribution in [1.82, 2.24) is 4.72 Å². The highest BCUT2D eigenvalue weighted by Gasteiger charge is 2.26. The highest BCUT2D eigenvalue weighted by molar-refractivity contribution is 7.89. The van der Waals surface area contributed by atoms with Crippen molar-refractivity contribution in [3.63, 3.8) is 0 Å². The molecule has 0 aliphatic heterocycles. The quantitative estimate of drug-likeness (QED) is 0.477. The van der Waals surface area contributed by atoms with E-state index in [4.69, 9.17) is 16.3 Å². The maximum Gasteiger partial charge on any atom is 0.242 e. The number of carbonyl (C=O) groups excluding carboxylic acids is 1. The standard InChI is InChI=1S/C24H25ClN2O4S/c1-3-31-20-11-13-21(14-12-20)32(29,30)27-23(15-18-7-5-4-6-8-18)24(28)26-19-10-9-17(2)22(25)16-19/h4-14,16,23,27H,3,15H2,1-2H3,(H,26,28). The van der Waals surface area contributed by atoms with Crippen LogP contribution in [0, 0.1) is 6.92 Å². The molecule has 3 rings (SSSR count). The van der Waals surface area contributed by atoms with E-state index in [1.807, 2.05) is 44.2 Å². The van der Waals surface area contributed by atoms with Gasteiger partial charge in [-0.25, -0.2) is 8.42 Å². The van der Waals surface area contributed by atoms with Gasteiger partial charge in [0.05, 0.1) is 11.5 Å². The van der Waals surface area contributed by atoms with E-state index >= 15 is 0 Å². The van der Waals surface area contributed by atoms with Crippen LogP contribution in [-0.2, 0) is 21.2 Å². The van der Waals surface area contributed by atoms with Crippen molar-refractivity contribution < 1.29 is 17.9 Å². The first-order valence-electron chi connectivity index (χ1n) is 10.1. The number of sulfonamides is 1. The molecule has 0 heterocycles. The third kappa shape index (κ3) is 6.32. The molecule has 6 nitrogen and oxygen atoms in total. The average Bonchev–Trinajstić information content (AvgIpc) is 2.77. The molecule has 0 bridgehead atoms. The van der Waals surface area contributed by atoms with Gasteiger partial charge in [0.1, 0.15) is 11.8 Å². The SMILES string of the molecule is CCOc1ccc(S(=O)(=O)NC(Cc2ccccc2)C(=O)Nc2ccc(C)c(Cl)c2)cc1. The molecule has 1 atom stereocenters. The summed E-state index contributed by atoms with van der Waals surface area (Å²) in [5, 5.41) is 3.27. The van der Waals surface area contributed by atoms with E-state index in [-0.39, 0.29) is 11.3 Å². The lowest BCUT2D eigenvalue weighted by atomic mass is 10.1. The van der Waals surface area contributed by atoms with Crippen molar-refractivity contribution in [3.05, 3.63) is 88.9 Å². The Morgan fingerprint density at radius 3 is 2.34 bits per heavy atom. The van der Waals surface area contributed by atoms with Gasteiger partial charge >= 0.3 is 0 Å². The van der Waals surface area contributed by atoms with Gasteiger partial charge < -0.3 is 10.1 Å². The maximum absolute atomic E-state index is 13.1. The molecule has 3 aromatic rings. The molecule has 168 valence electrons. The molecule has 0 aromatic heterocycles. The number of ether oxygens (including phenoxy) is 1. The highest BCUT2D eigenvalue weighted by atomic mass is 35.5. The van der Waals surface area contributed by atoms with E-state index in [1.165, 1.54) is 12.1 Å². The number of amides is 1. The Hall–Kier alpha value is -2.87. The lowest BCUT2D eigenvalue weighted by Crippen LogP contribution is -2.45. The van der Waals surface area contributed by atoms with Gasteiger partial charge in [0.2, 0.25) is 15.9 Å². The van der Waals surface area contributed by atoms with Crippen molar-refractivity contribution in [2.45, 2.75) is 31.2 Å². The van der Waals surface area contributed by atoms with Crippen LogP contribution in [0.4, 0.5) is 5.69 Å². The first-order valence-corrected chi connectivity index (χ1v) is 12.0. The zero-order chi connectivity index (χ0) is 23.1. The Kier molecular flexibility index (Phi) is 7.90. The van der Waals surface area contributed by atoms with Gasteiger partial charge in [-0.05, 0) is 67.8 Å². The number of nitrogens with one attached hydrogen (secondary N) is 2.